The normalized spacial score (nSPS) is 39.5. The second-order valence-corrected chi connectivity index (χ2v) is 14.5. The van der Waals surface area contributed by atoms with Gasteiger partial charge < -0.3 is 14.9 Å². The number of carboxylic acids is 1. The van der Waals surface area contributed by atoms with Crippen LogP contribution in [0.3, 0.4) is 0 Å². The lowest BCUT2D eigenvalue weighted by molar-refractivity contribution is -0.194. The van der Waals surface area contributed by atoms with Crippen molar-refractivity contribution in [2.24, 2.45) is 39.9 Å². The molecule has 9 atom stereocenters. The first kappa shape index (κ1) is 30.2. The smallest absolute Gasteiger partial charge is 0.334 e. The Morgan fingerprint density at radius 1 is 1.13 bits per heavy atom. The first-order valence-electron chi connectivity index (χ1n) is 14.1. The lowest BCUT2D eigenvalue weighted by atomic mass is 9.41. The van der Waals surface area contributed by atoms with Gasteiger partial charge in [0.25, 0.3) is 10.1 Å². The fourth-order valence-corrected chi connectivity index (χ4v) is 9.80. The Labute approximate surface area is 232 Å². The van der Waals surface area contributed by atoms with Crippen molar-refractivity contribution in [3.8, 4) is 0 Å². The van der Waals surface area contributed by atoms with E-state index in [0.717, 1.165) is 31.2 Å². The van der Waals surface area contributed by atoms with Gasteiger partial charge in [-0.05, 0) is 80.2 Å². The van der Waals surface area contributed by atoms with Crippen LogP contribution >= 0.6 is 0 Å². The Hall–Kier alpha value is -1.81. The largest absolute Gasteiger partial charge is 0.479 e. The van der Waals surface area contributed by atoms with E-state index in [1.165, 1.54) is 12.1 Å². The molecule has 9 heteroatoms. The molecular weight excluding hydrogens is 520 g/mol. The van der Waals surface area contributed by atoms with E-state index in [1.54, 1.807) is 26.2 Å². The summed E-state index contributed by atoms with van der Waals surface area (Å²) < 4.78 is 38.6. The summed E-state index contributed by atoms with van der Waals surface area (Å²) in [7, 11) is -2.76. The molecule has 4 rings (SSSR count). The summed E-state index contributed by atoms with van der Waals surface area (Å²) in [5.41, 5.74) is -1.27. The van der Waals surface area contributed by atoms with Gasteiger partial charge in [-0.3, -0.25) is 8.98 Å². The van der Waals surface area contributed by atoms with Crippen molar-refractivity contribution >= 4 is 21.9 Å². The summed E-state index contributed by atoms with van der Waals surface area (Å²) in [6.07, 6.45) is 1.54. The summed E-state index contributed by atoms with van der Waals surface area (Å²) in [6, 6.07) is 6.11. The van der Waals surface area contributed by atoms with Crippen LogP contribution in [0.2, 0.25) is 0 Å². The van der Waals surface area contributed by atoms with Crippen molar-refractivity contribution in [2.75, 3.05) is 13.7 Å². The molecule has 2 bridgehead atoms. The third-order valence-corrected chi connectivity index (χ3v) is 12.4. The van der Waals surface area contributed by atoms with Crippen LogP contribution in [0.15, 0.2) is 29.2 Å². The maximum Gasteiger partial charge on any atom is 0.334 e. The van der Waals surface area contributed by atoms with E-state index in [2.05, 4.69) is 13.8 Å². The molecule has 0 saturated heterocycles. The molecule has 39 heavy (non-hydrogen) atoms. The molecule has 3 fully saturated rings. The highest BCUT2D eigenvalue weighted by molar-refractivity contribution is 7.86. The molecule has 1 aromatic carbocycles. The van der Waals surface area contributed by atoms with Gasteiger partial charge in [0.05, 0.1) is 11.0 Å². The lowest BCUT2D eigenvalue weighted by Crippen LogP contribution is -2.63. The number of Topliss-reactive ketones (excluding diaryl/α,β-unsaturated/α-hetero) is 1. The molecule has 0 radical (unpaired) electrons. The van der Waals surface area contributed by atoms with Crippen molar-refractivity contribution in [3.05, 3.63) is 29.8 Å². The SMILES string of the molecule is CO[C@@H]1CC[C@@]23CC[C@@H](C)[C@](C)([C@H](C(OS(=O)(=O)c4ccc(C)cc4)C(=O)O)C[C@](C)(CCO)C(=O)[C@@H]2C)[C@@H]13. The summed E-state index contributed by atoms with van der Waals surface area (Å²) in [5.74, 6) is -2.60. The maximum absolute atomic E-state index is 14.2. The van der Waals surface area contributed by atoms with Gasteiger partial charge in [0.2, 0.25) is 0 Å². The Balaban J connectivity index is 1.92. The van der Waals surface area contributed by atoms with Crippen molar-refractivity contribution in [2.45, 2.75) is 90.2 Å². The molecule has 8 nitrogen and oxygen atoms in total. The molecule has 2 N–H and O–H groups in total. The molecule has 1 unspecified atom stereocenters. The molecule has 3 aliphatic rings. The second-order valence-electron chi connectivity index (χ2n) is 12.9. The minimum atomic E-state index is -4.43. The molecule has 0 aliphatic heterocycles. The molecular formula is C30H44O8S. The molecule has 218 valence electrons. The average Bonchev–Trinajstić information content (AvgIpc) is 3.28. The quantitative estimate of drug-likeness (QED) is 0.438. The van der Waals surface area contributed by atoms with Crippen molar-refractivity contribution in [3.63, 3.8) is 0 Å². The summed E-state index contributed by atoms with van der Waals surface area (Å²) in [4.78, 5) is 27.1. The van der Waals surface area contributed by atoms with Crippen LogP contribution < -0.4 is 0 Å². The van der Waals surface area contributed by atoms with Crippen molar-refractivity contribution in [1.82, 2.24) is 0 Å². The minimum Gasteiger partial charge on any atom is -0.479 e. The Bertz CT molecular complexity index is 1200. The van der Waals surface area contributed by atoms with Crippen LogP contribution in [-0.2, 0) is 28.6 Å². The third kappa shape index (κ3) is 4.77. The van der Waals surface area contributed by atoms with Gasteiger partial charge in [0, 0.05) is 31.0 Å². The van der Waals surface area contributed by atoms with E-state index < -0.39 is 44.4 Å². The Morgan fingerprint density at radius 3 is 2.31 bits per heavy atom. The Morgan fingerprint density at radius 2 is 1.74 bits per heavy atom. The summed E-state index contributed by atoms with van der Waals surface area (Å²) in [6.45, 7) is 9.56. The number of hydrogen-bond acceptors (Lipinski definition) is 7. The van der Waals surface area contributed by atoms with Gasteiger partial charge in [0.15, 0.2) is 6.10 Å². The average molecular weight is 565 g/mol. The van der Waals surface area contributed by atoms with Gasteiger partial charge in [-0.15, -0.1) is 0 Å². The maximum atomic E-state index is 14.2. The van der Waals surface area contributed by atoms with Gasteiger partial charge >= 0.3 is 5.97 Å². The standard InChI is InChI=1S/C30H44O8S/c1-18-7-9-21(10-8-18)39(35,36)38-24(27(33)34)22-17-28(4,15-16-31)26(32)20(3)30-13-11-19(2)29(22,5)25(30)23(37-6)12-14-30/h7-10,19-20,22-25,31H,11-17H2,1-6H3,(H,33,34)/t19-,20+,22+,23-,24?,25-,28+,29-,30+/m1/s1. The molecule has 1 aromatic rings. The first-order valence-corrected chi connectivity index (χ1v) is 15.5. The molecule has 3 saturated carbocycles. The Kier molecular flexibility index (Phi) is 8.15. The van der Waals surface area contributed by atoms with Gasteiger partial charge in [-0.25, -0.2) is 4.79 Å². The van der Waals surface area contributed by atoms with Crippen LogP contribution in [0.5, 0.6) is 0 Å². The fourth-order valence-electron chi connectivity index (χ4n) is 8.73. The van der Waals surface area contributed by atoms with Gasteiger partial charge in [0.1, 0.15) is 5.78 Å². The van der Waals surface area contributed by atoms with Crippen LogP contribution in [-0.4, -0.2) is 56.3 Å². The highest BCUT2D eigenvalue weighted by Gasteiger charge is 2.69. The minimum absolute atomic E-state index is 0.00503. The van der Waals surface area contributed by atoms with E-state index in [9.17, 15) is 28.2 Å². The van der Waals surface area contributed by atoms with Crippen LogP contribution in [0.25, 0.3) is 0 Å². The summed E-state index contributed by atoms with van der Waals surface area (Å²) in [5, 5.41) is 20.6. The number of aliphatic carboxylic acids is 1. The number of carbonyl (C=O) groups excluding carboxylic acids is 1. The molecule has 0 aromatic heterocycles. The number of ketones is 1. The lowest BCUT2D eigenvalue weighted by Gasteiger charge is -2.63. The zero-order valence-electron chi connectivity index (χ0n) is 24.0. The number of aryl methyl sites for hydroxylation is 1. The van der Waals surface area contributed by atoms with E-state index >= 15 is 0 Å². The zero-order valence-corrected chi connectivity index (χ0v) is 24.8. The highest BCUT2D eigenvalue weighted by atomic mass is 32.2. The van der Waals surface area contributed by atoms with Crippen LogP contribution in [0.1, 0.15) is 71.8 Å². The predicted molar refractivity (Wildman–Crippen MR) is 145 cm³/mol. The highest BCUT2D eigenvalue weighted by Crippen LogP contribution is 2.70. The number of methoxy groups -OCH3 is 1. The van der Waals surface area contributed by atoms with E-state index in [4.69, 9.17) is 8.92 Å². The van der Waals surface area contributed by atoms with E-state index in [1.807, 2.05) is 13.8 Å². The molecule has 0 spiro atoms. The second kappa shape index (κ2) is 10.5. The zero-order chi connectivity index (χ0) is 29.0. The first-order chi connectivity index (χ1) is 18.2. The predicted octanol–water partition coefficient (Wildman–Crippen LogP) is 4.61. The van der Waals surface area contributed by atoms with Gasteiger partial charge in [-0.2, -0.15) is 8.42 Å². The number of aliphatic hydroxyl groups excluding tert-OH is 1. The van der Waals surface area contributed by atoms with Crippen molar-refractivity contribution in [1.29, 1.82) is 0 Å². The van der Waals surface area contributed by atoms with Crippen LogP contribution in [0.4, 0.5) is 0 Å². The number of carboxylic acid groups (broad SMARTS) is 1. The van der Waals surface area contributed by atoms with Gasteiger partial charge in [-0.1, -0.05) is 45.4 Å². The number of aliphatic hydroxyl groups is 1. The number of benzene rings is 1. The molecule has 0 heterocycles. The third-order valence-electron chi connectivity index (χ3n) is 11.1. The number of ether oxygens (including phenoxy) is 1. The number of rotatable bonds is 8. The van der Waals surface area contributed by atoms with E-state index in [0.29, 0.717) is 0 Å². The fraction of sp³-hybridized carbons (Fsp3) is 0.733. The number of hydrogen-bond donors (Lipinski definition) is 2. The monoisotopic (exact) mass is 564 g/mol. The molecule has 3 aliphatic carbocycles. The topological polar surface area (TPSA) is 127 Å². The van der Waals surface area contributed by atoms with Crippen LogP contribution in [0, 0.1) is 46.8 Å². The molecule has 0 amide bonds. The number of carbonyl (C=O) groups is 2. The van der Waals surface area contributed by atoms with Crippen molar-refractivity contribution < 1.29 is 37.1 Å². The van der Waals surface area contributed by atoms with E-state index in [-0.39, 0.29) is 54.0 Å². The summed E-state index contributed by atoms with van der Waals surface area (Å²) >= 11 is 0.